The van der Waals surface area contributed by atoms with E-state index in [4.69, 9.17) is 4.52 Å². The maximum absolute atomic E-state index is 5.53. The Morgan fingerprint density at radius 1 is 1.47 bits per heavy atom. The van der Waals surface area contributed by atoms with Gasteiger partial charge in [-0.2, -0.15) is 4.98 Å². The SMILES string of the molecule is CCC1(c2nc(-c3ccncc3C)no2)CCNC1. The first kappa shape index (κ1) is 12.3. The van der Waals surface area contributed by atoms with E-state index in [1.807, 2.05) is 19.2 Å². The van der Waals surface area contributed by atoms with Gasteiger partial charge in [-0.25, -0.2) is 0 Å². The fourth-order valence-electron chi connectivity index (χ4n) is 2.65. The molecule has 1 aliphatic rings. The minimum atomic E-state index is 0.00614. The molecule has 5 nitrogen and oxygen atoms in total. The summed E-state index contributed by atoms with van der Waals surface area (Å²) < 4.78 is 5.53. The zero-order chi connectivity index (χ0) is 13.3. The van der Waals surface area contributed by atoms with Gasteiger partial charge in [0.1, 0.15) is 0 Å². The van der Waals surface area contributed by atoms with Crippen LogP contribution in [0, 0.1) is 6.92 Å². The molecule has 100 valence electrons. The van der Waals surface area contributed by atoms with Crippen molar-refractivity contribution < 1.29 is 4.52 Å². The maximum Gasteiger partial charge on any atom is 0.234 e. The van der Waals surface area contributed by atoms with Crippen molar-refractivity contribution in [2.24, 2.45) is 0 Å². The minimum Gasteiger partial charge on any atom is -0.338 e. The molecule has 1 N–H and O–H groups in total. The van der Waals surface area contributed by atoms with Crippen LogP contribution in [0.1, 0.15) is 31.2 Å². The van der Waals surface area contributed by atoms with Crippen molar-refractivity contribution in [2.45, 2.75) is 32.1 Å². The molecule has 0 saturated carbocycles. The zero-order valence-electron chi connectivity index (χ0n) is 11.3. The lowest BCUT2D eigenvalue weighted by atomic mass is 9.84. The van der Waals surface area contributed by atoms with Crippen molar-refractivity contribution in [2.75, 3.05) is 13.1 Å². The van der Waals surface area contributed by atoms with E-state index in [0.29, 0.717) is 5.82 Å². The summed E-state index contributed by atoms with van der Waals surface area (Å²) in [7, 11) is 0. The average Bonchev–Trinajstić information content (AvgIpc) is 3.09. The molecule has 0 amide bonds. The first-order valence-electron chi connectivity index (χ1n) is 6.71. The summed E-state index contributed by atoms with van der Waals surface area (Å²) in [5.41, 5.74) is 2.05. The summed E-state index contributed by atoms with van der Waals surface area (Å²) >= 11 is 0. The highest BCUT2D eigenvalue weighted by Crippen LogP contribution is 2.34. The van der Waals surface area contributed by atoms with E-state index in [0.717, 1.165) is 42.9 Å². The van der Waals surface area contributed by atoms with Crippen molar-refractivity contribution in [3.63, 3.8) is 0 Å². The second-order valence-corrected chi connectivity index (χ2v) is 5.17. The first-order valence-corrected chi connectivity index (χ1v) is 6.71. The summed E-state index contributed by atoms with van der Waals surface area (Å²) in [6, 6.07) is 1.93. The lowest BCUT2D eigenvalue weighted by molar-refractivity contribution is 0.285. The molecule has 5 heteroatoms. The van der Waals surface area contributed by atoms with Crippen molar-refractivity contribution in [1.82, 2.24) is 20.4 Å². The number of hydrogen-bond donors (Lipinski definition) is 1. The number of aromatic nitrogens is 3. The van der Waals surface area contributed by atoms with Crippen LogP contribution < -0.4 is 5.32 Å². The van der Waals surface area contributed by atoms with Crippen LogP contribution in [0.25, 0.3) is 11.4 Å². The van der Waals surface area contributed by atoms with Gasteiger partial charge in [-0.05, 0) is 37.9 Å². The normalized spacial score (nSPS) is 22.8. The summed E-state index contributed by atoms with van der Waals surface area (Å²) in [5.74, 6) is 1.42. The highest BCUT2D eigenvalue weighted by atomic mass is 16.5. The number of rotatable bonds is 3. The molecule has 0 aliphatic carbocycles. The van der Waals surface area contributed by atoms with Gasteiger partial charge in [0.15, 0.2) is 0 Å². The second-order valence-electron chi connectivity index (χ2n) is 5.17. The van der Waals surface area contributed by atoms with E-state index in [-0.39, 0.29) is 5.41 Å². The topological polar surface area (TPSA) is 63.8 Å². The van der Waals surface area contributed by atoms with Crippen molar-refractivity contribution >= 4 is 0 Å². The molecular formula is C14H18N4O. The second kappa shape index (κ2) is 4.74. The molecule has 0 aromatic carbocycles. The number of nitrogens with one attached hydrogen (secondary N) is 1. The van der Waals surface area contributed by atoms with Crippen LogP contribution in [-0.4, -0.2) is 28.2 Å². The molecule has 19 heavy (non-hydrogen) atoms. The van der Waals surface area contributed by atoms with Gasteiger partial charge in [-0.1, -0.05) is 12.1 Å². The zero-order valence-corrected chi connectivity index (χ0v) is 11.3. The molecule has 1 aliphatic heterocycles. The molecule has 0 radical (unpaired) electrons. The van der Waals surface area contributed by atoms with Gasteiger partial charge in [-0.3, -0.25) is 4.98 Å². The molecule has 0 spiro atoms. The highest BCUT2D eigenvalue weighted by molar-refractivity contribution is 5.58. The average molecular weight is 258 g/mol. The quantitative estimate of drug-likeness (QED) is 0.913. The molecule has 1 unspecified atom stereocenters. The van der Waals surface area contributed by atoms with E-state index < -0.39 is 0 Å². The predicted octanol–water partition coefficient (Wildman–Crippen LogP) is 2.08. The standard InChI is InChI=1S/C14H18N4O/c1-3-14(5-7-16-9-14)13-17-12(18-19-13)11-4-6-15-8-10(11)2/h4,6,8,16H,3,5,7,9H2,1-2H3. The summed E-state index contributed by atoms with van der Waals surface area (Å²) in [6.07, 6.45) is 5.64. The Balaban J connectivity index is 1.98. The Hall–Kier alpha value is -1.75. The minimum absolute atomic E-state index is 0.00614. The van der Waals surface area contributed by atoms with Gasteiger partial charge in [0.05, 0.1) is 5.41 Å². The predicted molar refractivity (Wildman–Crippen MR) is 71.7 cm³/mol. The third-order valence-electron chi connectivity index (χ3n) is 4.06. The summed E-state index contributed by atoms with van der Waals surface area (Å²) in [6.45, 7) is 6.11. The third kappa shape index (κ3) is 2.04. The van der Waals surface area contributed by atoms with Gasteiger partial charge >= 0.3 is 0 Å². The molecule has 2 aromatic heterocycles. The summed E-state index contributed by atoms with van der Waals surface area (Å²) in [4.78, 5) is 8.71. The smallest absolute Gasteiger partial charge is 0.234 e. The van der Waals surface area contributed by atoms with E-state index in [1.54, 1.807) is 6.20 Å². The van der Waals surface area contributed by atoms with Gasteiger partial charge in [0.25, 0.3) is 0 Å². The van der Waals surface area contributed by atoms with E-state index in [1.165, 1.54) is 0 Å². The first-order chi connectivity index (χ1) is 9.25. The van der Waals surface area contributed by atoms with E-state index in [9.17, 15) is 0 Å². The Kier molecular flexibility index (Phi) is 3.06. The van der Waals surface area contributed by atoms with Crippen LogP contribution in [0.4, 0.5) is 0 Å². The van der Waals surface area contributed by atoms with Crippen LogP contribution in [0.3, 0.4) is 0 Å². The monoisotopic (exact) mass is 258 g/mol. The fourth-order valence-corrected chi connectivity index (χ4v) is 2.65. The third-order valence-corrected chi connectivity index (χ3v) is 4.06. The van der Waals surface area contributed by atoms with Crippen LogP contribution in [0.5, 0.6) is 0 Å². The van der Waals surface area contributed by atoms with Crippen LogP contribution >= 0.6 is 0 Å². The molecule has 1 fully saturated rings. The maximum atomic E-state index is 5.53. The molecular weight excluding hydrogens is 240 g/mol. The summed E-state index contributed by atoms with van der Waals surface area (Å²) in [5, 5.41) is 7.53. The van der Waals surface area contributed by atoms with Crippen LogP contribution in [0.15, 0.2) is 23.0 Å². The van der Waals surface area contributed by atoms with Gasteiger partial charge in [0.2, 0.25) is 11.7 Å². The number of pyridine rings is 1. The molecule has 1 saturated heterocycles. The molecule has 3 rings (SSSR count). The highest BCUT2D eigenvalue weighted by Gasteiger charge is 2.39. The van der Waals surface area contributed by atoms with Crippen molar-refractivity contribution in [3.05, 3.63) is 29.9 Å². The lowest BCUT2D eigenvalue weighted by Gasteiger charge is -2.20. The Morgan fingerprint density at radius 2 is 2.37 bits per heavy atom. The number of nitrogens with zero attached hydrogens (tertiary/aromatic N) is 3. The van der Waals surface area contributed by atoms with Crippen molar-refractivity contribution in [3.8, 4) is 11.4 Å². The largest absolute Gasteiger partial charge is 0.338 e. The Morgan fingerprint density at radius 3 is 3.05 bits per heavy atom. The van der Waals surface area contributed by atoms with Crippen molar-refractivity contribution in [1.29, 1.82) is 0 Å². The van der Waals surface area contributed by atoms with Gasteiger partial charge < -0.3 is 9.84 Å². The number of aryl methyl sites for hydroxylation is 1. The fraction of sp³-hybridized carbons (Fsp3) is 0.500. The van der Waals surface area contributed by atoms with Crippen LogP contribution in [0.2, 0.25) is 0 Å². The Labute approximate surface area is 112 Å². The molecule has 2 aromatic rings. The van der Waals surface area contributed by atoms with E-state index >= 15 is 0 Å². The lowest BCUT2D eigenvalue weighted by Crippen LogP contribution is -2.28. The molecule has 3 heterocycles. The molecule has 1 atom stereocenters. The van der Waals surface area contributed by atoms with E-state index in [2.05, 4.69) is 27.4 Å². The number of hydrogen-bond acceptors (Lipinski definition) is 5. The van der Waals surface area contributed by atoms with Gasteiger partial charge in [-0.15, -0.1) is 0 Å². The molecule has 0 bridgehead atoms. The van der Waals surface area contributed by atoms with Gasteiger partial charge in [0, 0.05) is 24.5 Å². The van der Waals surface area contributed by atoms with Crippen LogP contribution in [-0.2, 0) is 5.41 Å². The Bertz CT molecular complexity index is 572.